The van der Waals surface area contributed by atoms with Crippen LogP contribution in [0.4, 0.5) is 13.2 Å². The van der Waals surface area contributed by atoms with Gasteiger partial charge in [-0.2, -0.15) is 4.39 Å². The van der Waals surface area contributed by atoms with Gasteiger partial charge < -0.3 is 19.1 Å². The minimum atomic E-state index is -4.22. The van der Waals surface area contributed by atoms with Crippen LogP contribution in [0.15, 0.2) is 46.1 Å². The zero-order chi connectivity index (χ0) is 28.3. The van der Waals surface area contributed by atoms with E-state index in [1.807, 2.05) is 0 Å². The number of rotatable bonds is 11. The van der Waals surface area contributed by atoms with Gasteiger partial charge in [0.2, 0.25) is 11.5 Å². The number of aliphatic hydroxyl groups excluding tert-OH is 1. The summed E-state index contributed by atoms with van der Waals surface area (Å²) in [5.41, 5.74) is -5.97. The van der Waals surface area contributed by atoms with Gasteiger partial charge in [0.15, 0.2) is 6.23 Å². The quantitative estimate of drug-likeness (QED) is 0.311. The van der Waals surface area contributed by atoms with E-state index in [9.17, 15) is 32.8 Å². The number of hydrogen-bond donors (Lipinski definition) is 2. The van der Waals surface area contributed by atoms with Crippen molar-refractivity contribution in [1.82, 2.24) is 9.55 Å². The molecule has 0 saturated carbocycles. The smallest absolute Gasteiger partial charge is 0.380 e. The molecular formula is C23H28F3N2O9P. The van der Waals surface area contributed by atoms with Crippen molar-refractivity contribution in [2.45, 2.75) is 51.0 Å². The third-order valence-corrected chi connectivity index (χ3v) is 7.64. The number of alkyl halides is 2. The van der Waals surface area contributed by atoms with Crippen LogP contribution in [-0.4, -0.2) is 64.1 Å². The Morgan fingerprint density at radius 2 is 1.92 bits per heavy atom. The summed E-state index contributed by atoms with van der Waals surface area (Å²) < 4.78 is 78.4. The Morgan fingerprint density at radius 1 is 1.26 bits per heavy atom. The predicted molar refractivity (Wildman–Crippen MR) is 127 cm³/mol. The van der Waals surface area contributed by atoms with E-state index in [4.69, 9.17) is 18.5 Å². The van der Waals surface area contributed by atoms with Gasteiger partial charge >= 0.3 is 19.3 Å². The summed E-state index contributed by atoms with van der Waals surface area (Å²) in [6.07, 6.45) is -6.80. The molecule has 0 radical (unpaired) electrons. The second-order valence-corrected chi connectivity index (χ2v) is 11.1. The van der Waals surface area contributed by atoms with Gasteiger partial charge in [-0.25, -0.2) is 18.1 Å². The van der Waals surface area contributed by atoms with Crippen molar-refractivity contribution >= 4 is 13.6 Å². The second-order valence-electron chi connectivity index (χ2n) is 9.06. The zero-order valence-corrected chi connectivity index (χ0v) is 21.6. The van der Waals surface area contributed by atoms with Gasteiger partial charge in [-0.15, -0.1) is 0 Å². The maximum Gasteiger partial charge on any atom is 0.380 e. The molecule has 1 saturated heterocycles. The highest BCUT2D eigenvalue weighted by molar-refractivity contribution is 7.54. The molecule has 2 heterocycles. The summed E-state index contributed by atoms with van der Waals surface area (Å²) in [5.74, 6) is -3.02. The molecule has 6 atom stereocenters. The molecule has 1 fully saturated rings. The molecule has 38 heavy (non-hydrogen) atoms. The number of benzene rings is 1. The standard InChI is InChI=1S/C23H28F3N2O9P/c1-13(2)35-20(31)14(3)11-38(33,37-15-7-5-4-6-8-15)34-10-17-18(29)23(26,12-24)21(36-17)28-9-16(25)19(30)27-22(28)32/h4-9,13-14,17-18,21,29H,10-12H2,1-3H3,(H,27,30,32)/t14-,17-,18+,21-,23?,38-/m1/s1. The minimum absolute atomic E-state index is 0.116. The number of nitrogens with one attached hydrogen (secondary N) is 1. The molecule has 0 bridgehead atoms. The van der Waals surface area contributed by atoms with Crippen LogP contribution in [0.2, 0.25) is 0 Å². The lowest BCUT2D eigenvalue weighted by Gasteiger charge is -2.26. The number of ether oxygens (including phenoxy) is 2. The Hall–Kier alpha value is -2.93. The molecule has 1 aliphatic rings. The van der Waals surface area contributed by atoms with Crippen LogP contribution in [0.3, 0.4) is 0 Å². The first-order valence-electron chi connectivity index (χ1n) is 11.6. The lowest BCUT2D eigenvalue weighted by Crippen LogP contribution is -2.48. The van der Waals surface area contributed by atoms with E-state index in [2.05, 4.69) is 0 Å². The van der Waals surface area contributed by atoms with Crippen molar-refractivity contribution in [2.75, 3.05) is 19.4 Å². The maximum atomic E-state index is 15.5. The van der Waals surface area contributed by atoms with E-state index < -0.39 is 86.2 Å². The van der Waals surface area contributed by atoms with Crippen molar-refractivity contribution in [3.05, 3.63) is 63.2 Å². The van der Waals surface area contributed by atoms with E-state index in [0.29, 0.717) is 6.20 Å². The average molecular weight is 564 g/mol. The lowest BCUT2D eigenvalue weighted by atomic mass is 9.97. The molecule has 1 aliphatic heterocycles. The number of carbonyl (C=O) groups is 1. The highest BCUT2D eigenvalue weighted by atomic mass is 31.2. The summed E-state index contributed by atoms with van der Waals surface area (Å²) in [5, 5.41) is 10.5. The molecule has 0 spiro atoms. The second kappa shape index (κ2) is 11.9. The van der Waals surface area contributed by atoms with Crippen molar-refractivity contribution in [1.29, 1.82) is 0 Å². The largest absolute Gasteiger partial charge is 0.463 e. The van der Waals surface area contributed by atoms with Crippen LogP contribution >= 0.6 is 7.60 Å². The first-order chi connectivity index (χ1) is 17.8. The van der Waals surface area contributed by atoms with Crippen molar-refractivity contribution in [2.24, 2.45) is 5.92 Å². The van der Waals surface area contributed by atoms with Crippen molar-refractivity contribution in [3.63, 3.8) is 0 Å². The summed E-state index contributed by atoms with van der Waals surface area (Å²) in [4.78, 5) is 37.3. The van der Waals surface area contributed by atoms with Crippen LogP contribution < -0.4 is 15.8 Å². The predicted octanol–water partition coefficient (Wildman–Crippen LogP) is 2.49. The summed E-state index contributed by atoms with van der Waals surface area (Å²) >= 11 is 0. The average Bonchev–Trinajstić information content (AvgIpc) is 3.10. The van der Waals surface area contributed by atoms with Crippen LogP contribution in [-0.2, 0) is 23.4 Å². The zero-order valence-electron chi connectivity index (χ0n) is 20.7. The lowest BCUT2D eigenvalue weighted by molar-refractivity contribution is -0.151. The SMILES string of the molecule is CC(C)OC(=O)[C@H](C)C[P@@](=O)(OC[C@H]1O[C@@H](n2cc(F)c(=O)[nH]c2=O)C(F)(CF)[C@H]1O)Oc1ccccc1. The van der Waals surface area contributed by atoms with Crippen molar-refractivity contribution in [3.8, 4) is 5.75 Å². The first-order valence-corrected chi connectivity index (χ1v) is 13.3. The third-order valence-electron chi connectivity index (χ3n) is 5.61. The molecule has 1 aromatic carbocycles. The van der Waals surface area contributed by atoms with Gasteiger partial charge in [0.05, 0.1) is 31.0 Å². The Morgan fingerprint density at radius 3 is 2.53 bits per heavy atom. The number of esters is 1. The summed E-state index contributed by atoms with van der Waals surface area (Å²) in [6, 6.07) is 7.78. The molecule has 2 aromatic rings. The molecule has 3 rings (SSSR count). The highest BCUT2D eigenvalue weighted by Gasteiger charge is 2.59. The molecule has 1 aromatic heterocycles. The fourth-order valence-corrected chi connectivity index (χ4v) is 5.59. The Bertz CT molecular complexity index is 1290. The summed E-state index contributed by atoms with van der Waals surface area (Å²) in [6.45, 7) is 1.99. The molecule has 1 unspecified atom stereocenters. The number of aliphatic hydroxyl groups is 1. The Kier molecular flexibility index (Phi) is 9.24. The fourth-order valence-electron chi connectivity index (χ4n) is 3.72. The molecular weight excluding hydrogens is 536 g/mol. The highest BCUT2D eigenvalue weighted by Crippen LogP contribution is 2.51. The van der Waals surface area contributed by atoms with Crippen LogP contribution in [0, 0.1) is 11.7 Å². The number of H-pyrrole nitrogens is 1. The minimum Gasteiger partial charge on any atom is -0.463 e. The van der Waals surface area contributed by atoms with Gasteiger partial charge in [-0.1, -0.05) is 25.1 Å². The van der Waals surface area contributed by atoms with E-state index in [-0.39, 0.29) is 10.3 Å². The molecule has 15 heteroatoms. The van der Waals surface area contributed by atoms with E-state index >= 15 is 4.39 Å². The number of halogens is 3. The monoisotopic (exact) mass is 564 g/mol. The molecule has 210 valence electrons. The van der Waals surface area contributed by atoms with Gasteiger partial charge in [-0.3, -0.25) is 23.7 Å². The number of para-hydroxylation sites is 1. The fraction of sp³-hybridized carbons (Fsp3) is 0.522. The van der Waals surface area contributed by atoms with E-state index in [0.717, 1.165) is 0 Å². The number of nitrogens with zero attached hydrogens (tertiary/aromatic N) is 1. The number of carbonyl (C=O) groups excluding carboxylic acids is 1. The number of hydrogen-bond acceptors (Lipinski definition) is 9. The van der Waals surface area contributed by atoms with Gasteiger partial charge in [0.1, 0.15) is 24.6 Å². The van der Waals surface area contributed by atoms with Crippen LogP contribution in [0.25, 0.3) is 0 Å². The third kappa shape index (κ3) is 6.55. The summed E-state index contributed by atoms with van der Waals surface area (Å²) in [7, 11) is -4.22. The molecule has 2 N–H and O–H groups in total. The normalized spacial score (nSPS) is 25.6. The first kappa shape index (κ1) is 29.6. The topological polar surface area (TPSA) is 146 Å². The molecule has 11 nitrogen and oxygen atoms in total. The van der Waals surface area contributed by atoms with Gasteiger partial charge in [-0.05, 0) is 26.0 Å². The van der Waals surface area contributed by atoms with Gasteiger partial charge in [0, 0.05) is 0 Å². The van der Waals surface area contributed by atoms with Crippen LogP contribution in [0.1, 0.15) is 27.0 Å². The molecule has 0 amide bonds. The molecule has 0 aliphatic carbocycles. The van der Waals surface area contributed by atoms with Crippen LogP contribution in [0.5, 0.6) is 5.75 Å². The van der Waals surface area contributed by atoms with E-state index in [1.165, 1.54) is 19.1 Å². The Labute approximate surface area is 215 Å². The van der Waals surface area contributed by atoms with Gasteiger partial charge in [0.25, 0.3) is 5.56 Å². The number of aromatic amines is 1. The number of aromatic nitrogens is 2. The van der Waals surface area contributed by atoms with E-state index in [1.54, 1.807) is 37.0 Å². The van der Waals surface area contributed by atoms with Crippen molar-refractivity contribution < 1.29 is 46.2 Å². The maximum absolute atomic E-state index is 15.5. The Balaban J connectivity index is 1.85.